The van der Waals surface area contributed by atoms with Gasteiger partial charge < -0.3 is 4.90 Å². The lowest BCUT2D eigenvalue weighted by molar-refractivity contribution is -0.129. The van der Waals surface area contributed by atoms with Crippen LogP contribution < -0.4 is 0 Å². The van der Waals surface area contributed by atoms with Gasteiger partial charge in [-0.3, -0.25) is 9.89 Å². The molecule has 3 rings (SSSR count). The minimum atomic E-state index is 0.178. The number of rotatable bonds is 3. The normalized spacial score (nSPS) is 18.0. The van der Waals surface area contributed by atoms with Crippen LogP contribution in [0.3, 0.4) is 0 Å². The number of halogens is 1. The number of aryl methyl sites for hydroxylation is 2. The Morgan fingerprint density at radius 3 is 2.95 bits per heavy atom. The number of amides is 1. The molecule has 0 aliphatic carbocycles. The van der Waals surface area contributed by atoms with Crippen LogP contribution in [-0.2, 0) is 11.2 Å². The number of H-pyrrole nitrogens is 1. The summed E-state index contributed by atoms with van der Waals surface area (Å²) in [6.07, 6.45) is 1.42. The topological polar surface area (TPSA) is 49.0 Å². The van der Waals surface area contributed by atoms with Crippen LogP contribution in [0.1, 0.15) is 34.9 Å². The average molecular weight is 318 g/mol. The Morgan fingerprint density at radius 2 is 2.27 bits per heavy atom. The van der Waals surface area contributed by atoms with Gasteiger partial charge in [-0.1, -0.05) is 23.7 Å². The maximum absolute atomic E-state index is 12.5. The summed E-state index contributed by atoms with van der Waals surface area (Å²) in [5, 5.41) is 7.85. The molecule has 1 fully saturated rings. The van der Waals surface area contributed by atoms with E-state index in [4.69, 9.17) is 11.6 Å². The van der Waals surface area contributed by atoms with E-state index in [-0.39, 0.29) is 5.91 Å². The van der Waals surface area contributed by atoms with Gasteiger partial charge in [-0.2, -0.15) is 5.10 Å². The quantitative estimate of drug-likeness (QED) is 0.944. The highest BCUT2D eigenvalue weighted by Crippen LogP contribution is 2.29. The van der Waals surface area contributed by atoms with E-state index in [9.17, 15) is 4.79 Å². The van der Waals surface area contributed by atoms with Gasteiger partial charge in [0.25, 0.3) is 0 Å². The van der Waals surface area contributed by atoms with E-state index in [2.05, 4.69) is 16.3 Å². The fraction of sp³-hybridized carbons (Fsp3) is 0.412. The van der Waals surface area contributed by atoms with Crippen LogP contribution in [0.4, 0.5) is 0 Å². The van der Waals surface area contributed by atoms with E-state index < -0.39 is 0 Å². The van der Waals surface area contributed by atoms with E-state index in [1.807, 2.05) is 36.9 Å². The molecule has 116 valence electrons. The molecule has 1 aliphatic rings. The van der Waals surface area contributed by atoms with Crippen molar-refractivity contribution in [1.29, 1.82) is 0 Å². The van der Waals surface area contributed by atoms with Crippen molar-refractivity contribution in [2.75, 3.05) is 13.1 Å². The molecule has 22 heavy (non-hydrogen) atoms. The van der Waals surface area contributed by atoms with Gasteiger partial charge in [-0.15, -0.1) is 0 Å². The van der Waals surface area contributed by atoms with Gasteiger partial charge in [-0.25, -0.2) is 0 Å². The number of carbonyl (C=O) groups is 1. The molecule has 4 nitrogen and oxygen atoms in total. The van der Waals surface area contributed by atoms with Gasteiger partial charge in [-0.05, 0) is 38.0 Å². The molecule has 0 bridgehead atoms. The molecular weight excluding hydrogens is 298 g/mol. The van der Waals surface area contributed by atoms with Crippen LogP contribution in [0, 0.1) is 13.8 Å². The third-order valence-electron chi connectivity index (χ3n) is 4.47. The number of hydrogen-bond acceptors (Lipinski definition) is 2. The number of nitrogens with zero attached hydrogens (tertiary/aromatic N) is 2. The lowest BCUT2D eigenvalue weighted by Crippen LogP contribution is -2.30. The van der Waals surface area contributed by atoms with Crippen molar-refractivity contribution >= 4 is 17.5 Å². The average Bonchev–Trinajstić information content (AvgIpc) is 3.10. The molecular formula is C17H20ClN3O. The van der Waals surface area contributed by atoms with E-state index in [1.165, 1.54) is 5.56 Å². The molecule has 1 saturated heterocycles. The van der Waals surface area contributed by atoms with E-state index in [0.29, 0.717) is 12.3 Å². The van der Waals surface area contributed by atoms with Crippen molar-refractivity contribution < 1.29 is 4.79 Å². The number of carbonyl (C=O) groups excluding carboxylic acids is 1. The lowest BCUT2D eigenvalue weighted by Gasteiger charge is -2.17. The summed E-state index contributed by atoms with van der Waals surface area (Å²) in [7, 11) is 0. The molecule has 1 amide bonds. The standard InChI is InChI=1S/C17H20ClN3O/c1-11-16(12(2)20-19-11)9-17(22)21-7-6-14(10-21)13-4-3-5-15(18)8-13/h3-5,8,14H,6-7,9-10H2,1-2H3,(H,19,20). The fourth-order valence-corrected chi connectivity index (χ4v) is 3.32. The maximum Gasteiger partial charge on any atom is 0.227 e. The predicted octanol–water partition coefficient (Wildman–Crippen LogP) is 3.24. The number of benzene rings is 1. The highest BCUT2D eigenvalue weighted by atomic mass is 35.5. The molecule has 0 spiro atoms. The second kappa shape index (κ2) is 6.13. The lowest BCUT2D eigenvalue weighted by atomic mass is 9.99. The number of hydrogen-bond donors (Lipinski definition) is 1. The molecule has 1 N–H and O–H groups in total. The molecule has 1 unspecified atom stereocenters. The SMILES string of the molecule is Cc1n[nH]c(C)c1CC(=O)N1CCC(c2cccc(Cl)c2)C1. The Labute approximate surface area is 135 Å². The van der Waals surface area contributed by atoms with E-state index >= 15 is 0 Å². The van der Waals surface area contributed by atoms with Crippen LogP contribution in [0.2, 0.25) is 5.02 Å². The number of aromatic amines is 1. The Balaban J connectivity index is 1.66. The van der Waals surface area contributed by atoms with Crippen LogP contribution in [0.5, 0.6) is 0 Å². The summed E-state index contributed by atoms with van der Waals surface area (Å²) in [6.45, 7) is 5.48. The van der Waals surface area contributed by atoms with Crippen molar-refractivity contribution in [3.8, 4) is 0 Å². The van der Waals surface area contributed by atoms with Crippen LogP contribution >= 0.6 is 11.6 Å². The first-order valence-electron chi connectivity index (χ1n) is 7.58. The Bertz CT molecular complexity index is 675. The van der Waals surface area contributed by atoms with Gasteiger partial charge in [0.1, 0.15) is 0 Å². The van der Waals surface area contributed by atoms with Gasteiger partial charge in [0.05, 0.1) is 12.1 Å². The first-order chi connectivity index (χ1) is 10.5. The van der Waals surface area contributed by atoms with Crippen molar-refractivity contribution in [1.82, 2.24) is 15.1 Å². The fourth-order valence-electron chi connectivity index (χ4n) is 3.12. The van der Waals surface area contributed by atoms with Crippen molar-refractivity contribution in [2.45, 2.75) is 32.6 Å². The van der Waals surface area contributed by atoms with Gasteiger partial charge in [0.15, 0.2) is 0 Å². The van der Waals surface area contributed by atoms with E-state index in [0.717, 1.165) is 41.5 Å². The maximum atomic E-state index is 12.5. The van der Waals surface area contributed by atoms with Crippen LogP contribution in [0.15, 0.2) is 24.3 Å². The van der Waals surface area contributed by atoms with Gasteiger partial charge in [0.2, 0.25) is 5.91 Å². The molecule has 1 atom stereocenters. The number of likely N-dealkylation sites (tertiary alicyclic amines) is 1. The highest BCUT2D eigenvalue weighted by molar-refractivity contribution is 6.30. The van der Waals surface area contributed by atoms with Crippen molar-refractivity contribution in [3.63, 3.8) is 0 Å². The second-order valence-electron chi connectivity index (χ2n) is 5.97. The summed E-state index contributed by atoms with van der Waals surface area (Å²) in [5.74, 6) is 0.561. The second-order valence-corrected chi connectivity index (χ2v) is 6.41. The highest BCUT2D eigenvalue weighted by Gasteiger charge is 2.28. The number of aromatic nitrogens is 2. The predicted molar refractivity (Wildman–Crippen MR) is 87.2 cm³/mol. The Morgan fingerprint density at radius 1 is 1.45 bits per heavy atom. The summed E-state index contributed by atoms with van der Waals surface area (Å²) >= 11 is 6.06. The molecule has 0 radical (unpaired) electrons. The zero-order valence-electron chi connectivity index (χ0n) is 12.9. The molecule has 5 heteroatoms. The van der Waals surface area contributed by atoms with Crippen LogP contribution in [0.25, 0.3) is 0 Å². The molecule has 2 aromatic rings. The first-order valence-corrected chi connectivity index (χ1v) is 7.96. The molecule has 1 aromatic heterocycles. The Hall–Kier alpha value is -1.81. The monoisotopic (exact) mass is 317 g/mol. The number of nitrogens with one attached hydrogen (secondary N) is 1. The summed E-state index contributed by atoms with van der Waals surface area (Å²) in [5.41, 5.74) is 4.14. The third kappa shape index (κ3) is 3.02. The largest absolute Gasteiger partial charge is 0.342 e. The van der Waals surface area contributed by atoms with Gasteiger partial charge >= 0.3 is 0 Å². The summed E-state index contributed by atoms with van der Waals surface area (Å²) < 4.78 is 0. The first kappa shape index (κ1) is 15.1. The zero-order chi connectivity index (χ0) is 15.7. The Kier molecular flexibility index (Phi) is 4.21. The smallest absolute Gasteiger partial charge is 0.227 e. The van der Waals surface area contributed by atoms with Crippen molar-refractivity contribution in [3.05, 3.63) is 51.8 Å². The summed E-state index contributed by atoms with van der Waals surface area (Å²) in [6, 6.07) is 7.95. The van der Waals surface area contributed by atoms with E-state index in [1.54, 1.807) is 0 Å². The van der Waals surface area contributed by atoms with Crippen molar-refractivity contribution in [2.24, 2.45) is 0 Å². The molecule has 1 aliphatic heterocycles. The minimum Gasteiger partial charge on any atom is -0.342 e. The molecule has 2 heterocycles. The summed E-state index contributed by atoms with van der Waals surface area (Å²) in [4.78, 5) is 14.5. The van der Waals surface area contributed by atoms with Gasteiger partial charge in [0, 0.05) is 35.3 Å². The zero-order valence-corrected chi connectivity index (χ0v) is 13.7. The van der Waals surface area contributed by atoms with Crippen LogP contribution in [-0.4, -0.2) is 34.1 Å². The molecule has 1 aromatic carbocycles. The minimum absolute atomic E-state index is 0.178. The molecule has 0 saturated carbocycles. The third-order valence-corrected chi connectivity index (χ3v) is 4.70.